The number of aromatic nitrogens is 1. The van der Waals surface area contributed by atoms with E-state index in [9.17, 15) is 0 Å². The Kier molecular flexibility index (Phi) is 4.05. The molecule has 0 saturated heterocycles. The van der Waals surface area contributed by atoms with Crippen molar-refractivity contribution >= 4 is 5.69 Å². The molecule has 2 N–H and O–H groups in total. The summed E-state index contributed by atoms with van der Waals surface area (Å²) in [5.74, 6) is 1.75. The van der Waals surface area contributed by atoms with E-state index in [1.165, 1.54) is 5.56 Å². The topological polar surface area (TPSA) is 48.1 Å². The van der Waals surface area contributed by atoms with Gasteiger partial charge in [-0.15, -0.1) is 0 Å². The molecule has 0 spiro atoms. The number of pyridine rings is 1. The summed E-state index contributed by atoms with van der Waals surface area (Å²) in [4.78, 5) is 4.25. The Balaban J connectivity index is 2.33. The van der Waals surface area contributed by atoms with E-state index in [1.807, 2.05) is 31.2 Å². The Labute approximate surface area is 114 Å². The highest BCUT2D eigenvalue weighted by Crippen LogP contribution is 2.33. The molecular formula is C16H20N2O. The number of nitrogens with zero attached hydrogens (tertiary/aromatic N) is 1. The van der Waals surface area contributed by atoms with Crippen molar-refractivity contribution in [1.29, 1.82) is 0 Å². The summed E-state index contributed by atoms with van der Waals surface area (Å²) in [5, 5.41) is 0. The van der Waals surface area contributed by atoms with Gasteiger partial charge in [-0.3, -0.25) is 0 Å². The monoisotopic (exact) mass is 256 g/mol. The van der Waals surface area contributed by atoms with Crippen molar-refractivity contribution in [3.63, 3.8) is 0 Å². The molecule has 3 nitrogen and oxygen atoms in total. The van der Waals surface area contributed by atoms with Crippen molar-refractivity contribution < 1.29 is 4.74 Å². The Hall–Kier alpha value is -2.03. The van der Waals surface area contributed by atoms with Gasteiger partial charge in [0.15, 0.2) is 0 Å². The molecule has 1 atom stereocenters. The maximum Gasteiger partial charge on any atom is 0.242 e. The van der Waals surface area contributed by atoms with Gasteiger partial charge in [-0.2, -0.15) is 0 Å². The lowest BCUT2D eigenvalue weighted by Crippen LogP contribution is -1.99. The van der Waals surface area contributed by atoms with E-state index in [4.69, 9.17) is 10.5 Å². The first-order valence-electron chi connectivity index (χ1n) is 6.60. The fourth-order valence-electron chi connectivity index (χ4n) is 1.97. The predicted octanol–water partition coefficient (Wildman–Crippen LogP) is 4.28. The van der Waals surface area contributed by atoms with E-state index >= 15 is 0 Å². The van der Waals surface area contributed by atoms with E-state index in [2.05, 4.69) is 24.9 Å². The first-order valence-corrected chi connectivity index (χ1v) is 6.60. The van der Waals surface area contributed by atoms with Crippen LogP contribution in [0.15, 0.2) is 36.5 Å². The van der Waals surface area contributed by atoms with Crippen LogP contribution in [0.4, 0.5) is 5.69 Å². The standard InChI is InChI=1S/C16H20N2O/c1-4-12(3)13-7-5-6-8-15(13)19-16-14(17)9-11(2)10-18-16/h5-10,12H,4,17H2,1-3H3. The number of aryl methyl sites for hydroxylation is 1. The molecule has 0 amide bonds. The second-order valence-electron chi connectivity index (χ2n) is 4.86. The van der Waals surface area contributed by atoms with E-state index < -0.39 is 0 Å². The number of para-hydroxylation sites is 1. The highest BCUT2D eigenvalue weighted by atomic mass is 16.5. The fourth-order valence-corrected chi connectivity index (χ4v) is 1.97. The molecule has 0 aliphatic carbocycles. The van der Waals surface area contributed by atoms with Gasteiger partial charge in [0.1, 0.15) is 5.75 Å². The molecule has 2 aromatic rings. The molecule has 1 aromatic heterocycles. The third kappa shape index (κ3) is 3.05. The lowest BCUT2D eigenvalue weighted by molar-refractivity contribution is 0.454. The van der Waals surface area contributed by atoms with Crippen LogP contribution in [-0.4, -0.2) is 4.98 Å². The lowest BCUT2D eigenvalue weighted by Gasteiger charge is -2.15. The maximum absolute atomic E-state index is 5.94. The van der Waals surface area contributed by atoms with E-state index in [1.54, 1.807) is 6.20 Å². The van der Waals surface area contributed by atoms with Gasteiger partial charge in [0.25, 0.3) is 0 Å². The molecule has 19 heavy (non-hydrogen) atoms. The molecule has 1 unspecified atom stereocenters. The van der Waals surface area contributed by atoms with Crippen molar-refractivity contribution in [3.05, 3.63) is 47.7 Å². The number of benzene rings is 1. The van der Waals surface area contributed by atoms with Crippen molar-refractivity contribution in [2.24, 2.45) is 0 Å². The minimum atomic E-state index is 0.447. The number of nitrogens with two attached hydrogens (primary N) is 1. The van der Waals surface area contributed by atoms with Crippen LogP contribution >= 0.6 is 0 Å². The Morgan fingerprint density at radius 1 is 1.32 bits per heavy atom. The Bertz CT molecular complexity index is 566. The molecule has 0 aliphatic rings. The second-order valence-corrected chi connectivity index (χ2v) is 4.86. The van der Waals surface area contributed by atoms with Crippen molar-refractivity contribution in [2.45, 2.75) is 33.1 Å². The Morgan fingerprint density at radius 3 is 2.74 bits per heavy atom. The predicted molar refractivity (Wildman–Crippen MR) is 78.6 cm³/mol. The van der Waals surface area contributed by atoms with Crippen LogP contribution in [0.3, 0.4) is 0 Å². The smallest absolute Gasteiger partial charge is 0.242 e. The average molecular weight is 256 g/mol. The number of nitrogen functional groups attached to an aromatic ring is 1. The minimum absolute atomic E-state index is 0.447. The number of rotatable bonds is 4. The van der Waals surface area contributed by atoms with Gasteiger partial charge in [0.2, 0.25) is 5.88 Å². The number of anilines is 1. The maximum atomic E-state index is 5.94. The van der Waals surface area contributed by atoms with E-state index in [-0.39, 0.29) is 0 Å². The van der Waals surface area contributed by atoms with Crippen LogP contribution in [0, 0.1) is 6.92 Å². The molecule has 3 heteroatoms. The summed E-state index contributed by atoms with van der Waals surface area (Å²) in [6, 6.07) is 9.91. The highest BCUT2D eigenvalue weighted by Gasteiger charge is 2.12. The van der Waals surface area contributed by atoms with Crippen molar-refractivity contribution in [2.75, 3.05) is 5.73 Å². The first kappa shape index (κ1) is 13.4. The normalized spacial score (nSPS) is 12.2. The third-order valence-electron chi connectivity index (χ3n) is 3.28. The molecule has 100 valence electrons. The van der Waals surface area contributed by atoms with Gasteiger partial charge in [0, 0.05) is 6.20 Å². The molecular weight excluding hydrogens is 236 g/mol. The second kappa shape index (κ2) is 5.74. The van der Waals surface area contributed by atoms with Gasteiger partial charge in [-0.25, -0.2) is 4.98 Å². The van der Waals surface area contributed by atoms with Gasteiger partial charge in [-0.1, -0.05) is 32.0 Å². The number of ether oxygens (including phenoxy) is 1. The summed E-state index contributed by atoms with van der Waals surface area (Å²) in [7, 11) is 0. The molecule has 2 rings (SSSR count). The zero-order chi connectivity index (χ0) is 13.8. The minimum Gasteiger partial charge on any atom is -0.437 e. The van der Waals surface area contributed by atoms with Gasteiger partial charge in [0.05, 0.1) is 5.69 Å². The summed E-state index contributed by atoms with van der Waals surface area (Å²) < 4.78 is 5.88. The van der Waals surface area contributed by atoms with Gasteiger partial charge in [-0.05, 0) is 42.5 Å². The Morgan fingerprint density at radius 2 is 2.05 bits per heavy atom. The fraction of sp³-hybridized carbons (Fsp3) is 0.312. The molecule has 0 aliphatic heterocycles. The summed E-state index contributed by atoms with van der Waals surface area (Å²) in [6.07, 6.45) is 2.83. The van der Waals surface area contributed by atoms with Gasteiger partial charge < -0.3 is 10.5 Å². The summed E-state index contributed by atoms with van der Waals surface area (Å²) in [5.41, 5.74) is 8.72. The quantitative estimate of drug-likeness (QED) is 0.888. The van der Waals surface area contributed by atoms with E-state index in [0.29, 0.717) is 17.5 Å². The SMILES string of the molecule is CCC(C)c1ccccc1Oc1ncc(C)cc1N. The third-order valence-corrected chi connectivity index (χ3v) is 3.28. The lowest BCUT2D eigenvalue weighted by atomic mass is 9.98. The van der Waals surface area contributed by atoms with Crippen LogP contribution in [-0.2, 0) is 0 Å². The van der Waals surface area contributed by atoms with E-state index in [0.717, 1.165) is 17.7 Å². The van der Waals surface area contributed by atoms with Crippen LogP contribution in [0.1, 0.15) is 37.3 Å². The summed E-state index contributed by atoms with van der Waals surface area (Å²) in [6.45, 7) is 6.31. The molecule has 0 saturated carbocycles. The van der Waals surface area contributed by atoms with Gasteiger partial charge >= 0.3 is 0 Å². The highest BCUT2D eigenvalue weighted by molar-refractivity contribution is 5.51. The number of hydrogen-bond donors (Lipinski definition) is 1. The molecule has 0 bridgehead atoms. The molecule has 1 heterocycles. The number of hydrogen-bond acceptors (Lipinski definition) is 3. The largest absolute Gasteiger partial charge is 0.437 e. The van der Waals surface area contributed by atoms with Crippen molar-refractivity contribution in [3.8, 4) is 11.6 Å². The molecule has 0 radical (unpaired) electrons. The van der Waals surface area contributed by atoms with Crippen molar-refractivity contribution in [1.82, 2.24) is 4.98 Å². The zero-order valence-electron chi connectivity index (χ0n) is 11.7. The van der Waals surface area contributed by atoms with Crippen LogP contribution in [0.5, 0.6) is 11.6 Å². The van der Waals surface area contributed by atoms with Crippen LogP contribution in [0.2, 0.25) is 0 Å². The van der Waals surface area contributed by atoms with Crippen LogP contribution < -0.4 is 10.5 Å². The molecule has 0 fully saturated rings. The molecule has 1 aromatic carbocycles. The average Bonchev–Trinajstić information content (AvgIpc) is 2.41. The van der Waals surface area contributed by atoms with Crippen LogP contribution in [0.25, 0.3) is 0 Å². The summed E-state index contributed by atoms with van der Waals surface area (Å²) >= 11 is 0. The zero-order valence-corrected chi connectivity index (χ0v) is 11.7. The first-order chi connectivity index (χ1) is 9.11.